The van der Waals surface area contributed by atoms with Crippen molar-refractivity contribution < 1.29 is 13.5 Å². The molecule has 5 rings (SSSR count). The van der Waals surface area contributed by atoms with Crippen LogP contribution in [0.4, 0.5) is 31.9 Å². The first-order valence-corrected chi connectivity index (χ1v) is 9.78. The molecule has 4 heterocycles. The number of morpholine rings is 1. The Morgan fingerprint density at radius 2 is 1.80 bits per heavy atom. The molecule has 30 heavy (non-hydrogen) atoms. The average molecular weight is 410 g/mol. The van der Waals surface area contributed by atoms with Crippen molar-refractivity contribution in [2.24, 2.45) is 0 Å². The van der Waals surface area contributed by atoms with E-state index in [1.165, 1.54) is 12.1 Å². The summed E-state index contributed by atoms with van der Waals surface area (Å²) in [4.78, 5) is 17.8. The molecule has 7 nitrogen and oxygen atoms in total. The molecular formula is C21H20F2N6O. The van der Waals surface area contributed by atoms with Crippen molar-refractivity contribution in [1.82, 2.24) is 15.0 Å². The number of nitrogen functional groups attached to an aromatic ring is 1. The number of aromatic nitrogens is 3. The molecule has 0 atom stereocenters. The van der Waals surface area contributed by atoms with E-state index in [4.69, 9.17) is 20.4 Å². The summed E-state index contributed by atoms with van der Waals surface area (Å²) in [6.07, 6.45) is 4.13. The highest BCUT2D eigenvalue weighted by Gasteiger charge is 2.29. The molecule has 0 radical (unpaired) electrons. The lowest BCUT2D eigenvalue weighted by atomic mass is 10.0. The summed E-state index contributed by atoms with van der Waals surface area (Å²) in [5.74, 6) is -0.354. The fourth-order valence-corrected chi connectivity index (χ4v) is 3.87. The zero-order chi connectivity index (χ0) is 20.7. The van der Waals surface area contributed by atoms with E-state index in [0.717, 1.165) is 17.1 Å². The summed E-state index contributed by atoms with van der Waals surface area (Å²) in [5.41, 5.74) is 7.60. The number of rotatable bonds is 3. The van der Waals surface area contributed by atoms with Crippen molar-refractivity contribution in [3.63, 3.8) is 0 Å². The Morgan fingerprint density at radius 1 is 1.03 bits per heavy atom. The number of anilines is 4. The van der Waals surface area contributed by atoms with Crippen LogP contribution < -0.4 is 15.5 Å². The first-order chi connectivity index (χ1) is 14.6. The molecule has 0 amide bonds. The third-order valence-electron chi connectivity index (χ3n) is 5.42. The van der Waals surface area contributed by atoms with Crippen LogP contribution in [0, 0.1) is 11.6 Å². The molecule has 0 bridgehead atoms. The van der Waals surface area contributed by atoms with Gasteiger partial charge in [-0.05, 0) is 30.7 Å². The van der Waals surface area contributed by atoms with Gasteiger partial charge in [-0.1, -0.05) is 0 Å². The minimum Gasteiger partial charge on any atom is -0.394 e. The van der Waals surface area contributed by atoms with Crippen molar-refractivity contribution >= 4 is 23.1 Å². The Kier molecular flexibility index (Phi) is 4.66. The molecule has 1 aromatic carbocycles. The van der Waals surface area contributed by atoms with Gasteiger partial charge in [-0.2, -0.15) is 4.98 Å². The van der Waals surface area contributed by atoms with Gasteiger partial charge >= 0.3 is 0 Å². The maximum atomic E-state index is 14.2. The highest BCUT2D eigenvalue weighted by Crippen LogP contribution is 2.39. The Morgan fingerprint density at radius 3 is 2.50 bits per heavy atom. The average Bonchev–Trinajstić information content (AvgIpc) is 3.22. The number of hydrogen-bond donors (Lipinski definition) is 1. The molecule has 0 saturated carbocycles. The van der Waals surface area contributed by atoms with Crippen LogP contribution in [-0.4, -0.2) is 47.8 Å². The molecule has 9 heteroatoms. The molecule has 0 unspecified atom stereocenters. The van der Waals surface area contributed by atoms with Crippen LogP contribution in [0.2, 0.25) is 0 Å². The summed E-state index contributed by atoms with van der Waals surface area (Å²) in [6, 6.07) is 6.29. The van der Waals surface area contributed by atoms with Gasteiger partial charge in [0.15, 0.2) is 0 Å². The first-order valence-electron chi connectivity index (χ1n) is 9.78. The highest BCUT2D eigenvalue weighted by atomic mass is 19.1. The number of nitrogens with two attached hydrogens (primary N) is 1. The normalized spacial score (nSPS) is 16.1. The Balaban J connectivity index is 1.68. The Labute approximate surface area is 172 Å². The summed E-state index contributed by atoms with van der Waals surface area (Å²) in [6.45, 7) is 3.13. The van der Waals surface area contributed by atoms with E-state index in [1.54, 1.807) is 12.4 Å². The van der Waals surface area contributed by atoms with Crippen LogP contribution in [-0.2, 0) is 11.2 Å². The Hall–Kier alpha value is -3.33. The van der Waals surface area contributed by atoms with Crippen LogP contribution in [0.25, 0.3) is 11.3 Å². The standard InChI is InChI=1S/C21H20F2N6O/c22-16-10-13(11-17(23)18(16)24)19-15-3-5-29(14-2-1-4-25-12-14)20(15)27-21(26-19)28-6-8-30-9-7-28/h1-2,4,10-12H,3,5-9,24H2. The van der Waals surface area contributed by atoms with Crippen molar-refractivity contribution in [2.45, 2.75) is 6.42 Å². The monoisotopic (exact) mass is 410 g/mol. The first kappa shape index (κ1) is 18.7. The number of nitrogens with zero attached hydrogens (tertiary/aromatic N) is 5. The molecule has 0 aliphatic carbocycles. The minimum atomic E-state index is -0.799. The maximum Gasteiger partial charge on any atom is 0.228 e. The van der Waals surface area contributed by atoms with Gasteiger partial charge in [0, 0.05) is 37.0 Å². The number of hydrogen-bond acceptors (Lipinski definition) is 7. The predicted octanol–water partition coefficient (Wildman–Crippen LogP) is 2.93. The van der Waals surface area contributed by atoms with E-state index >= 15 is 0 Å². The van der Waals surface area contributed by atoms with E-state index in [0.29, 0.717) is 56.5 Å². The van der Waals surface area contributed by atoms with Gasteiger partial charge in [-0.25, -0.2) is 13.8 Å². The fraction of sp³-hybridized carbons (Fsp3) is 0.286. The van der Waals surface area contributed by atoms with E-state index < -0.39 is 17.3 Å². The lowest BCUT2D eigenvalue weighted by Crippen LogP contribution is -2.37. The van der Waals surface area contributed by atoms with Crippen molar-refractivity contribution in [1.29, 1.82) is 0 Å². The Bertz CT molecular complexity index is 1070. The highest BCUT2D eigenvalue weighted by molar-refractivity contribution is 5.77. The zero-order valence-corrected chi connectivity index (χ0v) is 16.2. The molecular weight excluding hydrogens is 390 g/mol. The number of ether oxygens (including phenoxy) is 1. The van der Waals surface area contributed by atoms with Crippen LogP contribution in [0.1, 0.15) is 5.56 Å². The lowest BCUT2D eigenvalue weighted by molar-refractivity contribution is 0.122. The van der Waals surface area contributed by atoms with Crippen molar-refractivity contribution in [3.8, 4) is 11.3 Å². The predicted molar refractivity (Wildman–Crippen MR) is 110 cm³/mol. The molecule has 2 aliphatic rings. The number of halogens is 2. The van der Waals surface area contributed by atoms with Gasteiger partial charge < -0.3 is 20.3 Å². The third kappa shape index (κ3) is 3.21. The van der Waals surface area contributed by atoms with Crippen LogP contribution >= 0.6 is 0 Å². The molecule has 0 spiro atoms. The van der Waals surface area contributed by atoms with Crippen molar-refractivity contribution in [3.05, 3.63) is 53.9 Å². The van der Waals surface area contributed by atoms with E-state index in [9.17, 15) is 8.78 Å². The second kappa shape index (κ2) is 7.49. The molecule has 3 aromatic rings. The van der Waals surface area contributed by atoms with Crippen LogP contribution in [0.15, 0.2) is 36.7 Å². The van der Waals surface area contributed by atoms with Gasteiger partial charge in [0.05, 0.1) is 30.8 Å². The fourth-order valence-electron chi connectivity index (χ4n) is 3.87. The van der Waals surface area contributed by atoms with Crippen LogP contribution in [0.5, 0.6) is 0 Å². The summed E-state index contributed by atoms with van der Waals surface area (Å²) < 4.78 is 33.9. The van der Waals surface area contributed by atoms with Crippen LogP contribution in [0.3, 0.4) is 0 Å². The van der Waals surface area contributed by atoms with Crippen molar-refractivity contribution in [2.75, 3.05) is 48.4 Å². The number of fused-ring (bicyclic) bond motifs is 1. The molecule has 2 aromatic heterocycles. The third-order valence-corrected chi connectivity index (χ3v) is 5.42. The zero-order valence-electron chi connectivity index (χ0n) is 16.2. The molecule has 1 saturated heterocycles. The van der Waals surface area contributed by atoms with E-state index in [-0.39, 0.29) is 0 Å². The van der Waals surface area contributed by atoms with Gasteiger partial charge in [0.1, 0.15) is 23.1 Å². The summed E-state index contributed by atoms with van der Waals surface area (Å²) in [5, 5.41) is 0. The SMILES string of the molecule is Nc1c(F)cc(-c2nc(N3CCOCC3)nc3c2CCN3c2cccnc2)cc1F. The molecule has 2 aliphatic heterocycles. The number of benzene rings is 1. The van der Waals surface area contributed by atoms with Gasteiger partial charge in [0.2, 0.25) is 5.95 Å². The maximum absolute atomic E-state index is 14.2. The minimum absolute atomic E-state index is 0.348. The quantitative estimate of drug-likeness (QED) is 0.665. The smallest absolute Gasteiger partial charge is 0.228 e. The topological polar surface area (TPSA) is 80.4 Å². The lowest BCUT2D eigenvalue weighted by Gasteiger charge is -2.28. The number of pyridine rings is 1. The van der Waals surface area contributed by atoms with Gasteiger partial charge in [-0.3, -0.25) is 4.98 Å². The molecule has 2 N–H and O–H groups in total. The molecule has 1 fully saturated rings. The van der Waals surface area contributed by atoms with Gasteiger partial charge in [0.25, 0.3) is 0 Å². The second-order valence-corrected chi connectivity index (χ2v) is 7.24. The molecule has 154 valence electrons. The van der Waals surface area contributed by atoms with E-state index in [1.807, 2.05) is 17.0 Å². The van der Waals surface area contributed by atoms with Gasteiger partial charge in [-0.15, -0.1) is 0 Å². The second-order valence-electron chi connectivity index (χ2n) is 7.24. The largest absolute Gasteiger partial charge is 0.394 e. The summed E-state index contributed by atoms with van der Waals surface area (Å²) >= 11 is 0. The van der Waals surface area contributed by atoms with E-state index in [2.05, 4.69) is 9.88 Å². The summed E-state index contributed by atoms with van der Waals surface area (Å²) in [7, 11) is 0.